The molecule has 0 aliphatic heterocycles. The molecule has 0 aliphatic carbocycles. The van der Waals surface area contributed by atoms with E-state index in [9.17, 15) is 0 Å². The fraction of sp³-hybridized carbons (Fsp3) is 0.538. The first kappa shape index (κ1) is 13.0. The Morgan fingerprint density at radius 2 is 2.25 bits per heavy atom. The zero-order valence-corrected chi connectivity index (χ0v) is 10.1. The van der Waals surface area contributed by atoms with Gasteiger partial charge in [0.2, 0.25) is 0 Å². The van der Waals surface area contributed by atoms with Crippen molar-refractivity contribution < 1.29 is 9.84 Å². The number of ether oxygens (including phenoxy) is 1. The zero-order chi connectivity index (χ0) is 11.8. The molecule has 3 heteroatoms. The van der Waals surface area contributed by atoms with Gasteiger partial charge in [-0.3, -0.25) is 0 Å². The van der Waals surface area contributed by atoms with E-state index in [4.69, 9.17) is 9.84 Å². The Kier molecular flexibility index (Phi) is 5.90. The summed E-state index contributed by atoms with van der Waals surface area (Å²) in [5, 5.41) is 12.2. The Bertz CT molecular complexity index is 302. The molecule has 3 nitrogen and oxygen atoms in total. The van der Waals surface area contributed by atoms with Crippen LogP contribution in [0.1, 0.15) is 19.4 Å². The van der Waals surface area contributed by atoms with Gasteiger partial charge < -0.3 is 15.2 Å². The fourth-order valence-electron chi connectivity index (χ4n) is 1.31. The maximum atomic E-state index is 8.89. The summed E-state index contributed by atoms with van der Waals surface area (Å²) >= 11 is 0. The van der Waals surface area contributed by atoms with Crippen molar-refractivity contribution in [3.05, 3.63) is 29.8 Å². The molecule has 0 amide bonds. The Morgan fingerprint density at radius 3 is 2.94 bits per heavy atom. The zero-order valence-electron chi connectivity index (χ0n) is 10.1. The molecule has 0 heterocycles. The van der Waals surface area contributed by atoms with Crippen molar-refractivity contribution in [3.8, 4) is 5.75 Å². The van der Waals surface area contributed by atoms with Gasteiger partial charge in [0, 0.05) is 19.1 Å². The number of hydrogen-bond donors (Lipinski definition) is 2. The van der Waals surface area contributed by atoms with E-state index in [1.165, 1.54) is 5.56 Å². The minimum Gasteiger partial charge on any atom is -0.493 e. The van der Waals surface area contributed by atoms with Crippen LogP contribution in [0.2, 0.25) is 0 Å². The Balaban J connectivity index is 2.46. The molecule has 1 aromatic carbocycles. The first-order valence-electron chi connectivity index (χ1n) is 5.79. The predicted octanol–water partition coefficient (Wildman–Crippen LogP) is 1.80. The third-order valence-electron chi connectivity index (χ3n) is 2.32. The van der Waals surface area contributed by atoms with Crippen LogP contribution < -0.4 is 10.1 Å². The van der Waals surface area contributed by atoms with Crippen molar-refractivity contribution in [2.24, 2.45) is 5.92 Å². The van der Waals surface area contributed by atoms with Gasteiger partial charge in [-0.15, -0.1) is 0 Å². The number of benzene rings is 1. The van der Waals surface area contributed by atoms with Crippen LogP contribution in [0, 0.1) is 5.92 Å². The van der Waals surface area contributed by atoms with Gasteiger partial charge in [-0.25, -0.2) is 0 Å². The van der Waals surface area contributed by atoms with Gasteiger partial charge >= 0.3 is 0 Å². The SMILES string of the molecule is CCNCc1cccc(OCC(C)CO)c1. The second kappa shape index (κ2) is 7.25. The van der Waals surface area contributed by atoms with Crippen molar-refractivity contribution in [1.82, 2.24) is 5.32 Å². The summed E-state index contributed by atoms with van der Waals surface area (Å²) in [6.45, 7) is 6.60. The van der Waals surface area contributed by atoms with Gasteiger partial charge in [-0.2, -0.15) is 0 Å². The standard InChI is InChI=1S/C13H21NO2/c1-3-14-8-12-5-4-6-13(7-12)16-10-11(2)9-15/h4-7,11,14-15H,3,8-10H2,1-2H3. The summed E-state index contributed by atoms with van der Waals surface area (Å²) in [6, 6.07) is 8.04. The fourth-order valence-corrected chi connectivity index (χ4v) is 1.31. The molecular formula is C13H21NO2. The molecule has 0 fully saturated rings. The number of rotatable bonds is 7. The van der Waals surface area contributed by atoms with E-state index < -0.39 is 0 Å². The maximum Gasteiger partial charge on any atom is 0.119 e. The van der Waals surface area contributed by atoms with Crippen molar-refractivity contribution in [2.45, 2.75) is 20.4 Å². The number of aliphatic hydroxyl groups excluding tert-OH is 1. The highest BCUT2D eigenvalue weighted by Crippen LogP contribution is 2.14. The second-order valence-corrected chi connectivity index (χ2v) is 4.03. The van der Waals surface area contributed by atoms with E-state index in [0.29, 0.717) is 6.61 Å². The largest absolute Gasteiger partial charge is 0.493 e. The van der Waals surface area contributed by atoms with E-state index in [-0.39, 0.29) is 12.5 Å². The summed E-state index contributed by atoms with van der Waals surface area (Å²) in [5.74, 6) is 1.05. The van der Waals surface area contributed by atoms with Gasteiger partial charge in [0.25, 0.3) is 0 Å². The first-order valence-corrected chi connectivity index (χ1v) is 5.79. The smallest absolute Gasteiger partial charge is 0.119 e. The second-order valence-electron chi connectivity index (χ2n) is 4.03. The van der Waals surface area contributed by atoms with E-state index >= 15 is 0 Å². The Labute approximate surface area is 97.4 Å². The lowest BCUT2D eigenvalue weighted by molar-refractivity contribution is 0.174. The summed E-state index contributed by atoms with van der Waals surface area (Å²) in [4.78, 5) is 0. The summed E-state index contributed by atoms with van der Waals surface area (Å²) < 4.78 is 5.59. The molecule has 0 radical (unpaired) electrons. The molecule has 1 rings (SSSR count). The Morgan fingerprint density at radius 1 is 1.44 bits per heavy atom. The molecule has 0 aliphatic rings. The molecule has 1 aromatic rings. The van der Waals surface area contributed by atoms with Crippen molar-refractivity contribution in [3.63, 3.8) is 0 Å². The highest BCUT2D eigenvalue weighted by Gasteiger charge is 2.01. The van der Waals surface area contributed by atoms with Gasteiger partial charge in [-0.05, 0) is 24.2 Å². The van der Waals surface area contributed by atoms with E-state index in [1.54, 1.807) is 0 Å². The highest BCUT2D eigenvalue weighted by atomic mass is 16.5. The number of hydrogen-bond acceptors (Lipinski definition) is 3. The topological polar surface area (TPSA) is 41.5 Å². The molecule has 0 saturated carbocycles. The highest BCUT2D eigenvalue weighted by molar-refractivity contribution is 5.28. The van der Waals surface area contributed by atoms with Crippen LogP contribution in [0.15, 0.2) is 24.3 Å². The average Bonchev–Trinajstić information content (AvgIpc) is 2.34. The van der Waals surface area contributed by atoms with Gasteiger partial charge in [0.15, 0.2) is 0 Å². The first-order chi connectivity index (χ1) is 7.76. The van der Waals surface area contributed by atoms with Gasteiger partial charge in [0.05, 0.1) is 6.61 Å². The molecular weight excluding hydrogens is 202 g/mol. The van der Waals surface area contributed by atoms with Crippen LogP contribution in [0.25, 0.3) is 0 Å². The van der Waals surface area contributed by atoms with Crippen LogP contribution >= 0.6 is 0 Å². The lowest BCUT2D eigenvalue weighted by Gasteiger charge is -2.11. The molecule has 0 aromatic heterocycles. The van der Waals surface area contributed by atoms with Crippen LogP contribution in [-0.4, -0.2) is 24.9 Å². The molecule has 0 spiro atoms. The lowest BCUT2D eigenvalue weighted by atomic mass is 10.2. The molecule has 0 bridgehead atoms. The summed E-state index contributed by atoms with van der Waals surface area (Å²) in [7, 11) is 0. The third kappa shape index (κ3) is 4.64. The normalized spacial score (nSPS) is 12.4. The van der Waals surface area contributed by atoms with Crippen LogP contribution in [-0.2, 0) is 6.54 Å². The quantitative estimate of drug-likeness (QED) is 0.740. The number of nitrogens with one attached hydrogen (secondary N) is 1. The third-order valence-corrected chi connectivity index (χ3v) is 2.32. The minimum absolute atomic E-state index is 0.164. The molecule has 2 N–H and O–H groups in total. The predicted molar refractivity (Wildman–Crippen MR) is 65.6 cm³/mol. The molecule has 1 atom stereocenters. The maximum absolute atomic E-state index is 8.89. The Hall–Kier alpha value is -1.06. The average molecular weight is 223 g/mol. The van der Waals surface area contributed by atoms with Crippen LogP contribution in [0.3, 0.4) is 0 Å². The van der Waals surface area contributed by atoms with Gasteiger partial charge in [0.1, 0.15) is 5.75 Å². The molecule has 16 heavy (non-hydrogen) atoms. The van der Waals surface area contributed by atoms with Crippen molar-refractivity contribution in [1.29, 1.82) is 0 Å². The van der Waals surface area contributed by atoms with Crippen LogP contribution in [0.4, 0.5) is 0 Å². The molecule has 0 saturated heterocycles. The van der Waals surface area contributed by atoms with Crippen molar-refractivity contribution in [2.75, 3.05) is 19.8 Å². The van der Waals surface area contributed by atoms with Crippen molar-refractivity contribution >= 4 is 0 Å². The molecule has 90 valence electrons. The van der Waals surface area contributed by atoms with E-state index in [0.717, 1.165) is 18.8 Å². The monoisotopic (exact) mass is 223 g/mol. The summed E-state index contributed by atoms with van der Waals surface area (Å²) in [5.41, 5.74) is 1.22. The van der Waals surface area contributed by atoms with Crippen LogP contribution in [0.5, 0.6) is 5.75 Å². The van der Waals surface area contributed by atoms with Gasteiger partial charge in [-0.1, -0.05) is 26.0 Å². The van der Waals surface area contributed by atoms with E-state index in [2.05, 4.69) is 18.3 Å². The lowest BCUT2D eigenvalue weighted by Crippen LogP contribution is -2.13. The summed E-state index contributed by atoms with van der Waals surface area (Å²) in [6.07, 6.45) is 0. The van der Waals surface area contributed by atoms with E-state index in [1.807, 2.05) is 25.1 Å². The molecule has 1 unspecified atom stereocenters. The number of aliphatic hydroxyl groups is 1. The minimum atomic E-state index is 0.164.